The summed E-state index contributed by atoms with van der Waals surface area (Å²) in [5.74, 6) is 9.94. The maximum atomic E-state index is 13.1. The van der Waals surface area contributed by atoms with Gasteiger partial charge in [0.05, 0.1) is 33.1 Å². The van der Waals surface area contributed by atoms with Crippen molar-refractivity contribution in [2.45, 2.75) is 50.7 Å². The van der Waals surface area contributed by atoms with Crippen molar-refractivity contribution in [1.29, 1.82) is 0 Å². The average molecular weight is 724 g/mol. The van der Waals surface area contributed by atoms with Gasteiger partial charge in [0, 0.05) is 43.3 Å². The number of nitrogens with two attached hydrogens (primary N) is 2. The highest BCUT2D eigenvalue weighted by Gasteiger charge is 2.40. The minimum atomic E-state index is -0.842. The first kappa shape index (κ1) is 39.4. The van der Waals surface area contributed by atoms with E-state index in [1.807, 2.05) is 24.3 Å². The molecular formula is C39H41N5O9. The van der Waals surface area contributed by atoms with E-state index in [2.05, 4.69) is 34.0 Å². The Hall–Kier alpha value is -6.38. The van der Waals surface area contributed by atoms with Gasteiger partial charge in [-0.1, -0.05) is 54.0 Å². The molecule has 2 unspecified atom stereocenters. The Balaban J connectivity index is 1.31. The molecule has 2 aromatic carbocycles. The summed E-state index contributed by atoms with van der Waals surface area (Å²) in [6, 6.07) is 14.6. The van der Waals surface area contributed by atoms with Gasteiger partial charge < -0.3 is 40.6 Å². The number of carbonyl (C=O) groups is 5. The van der Waals surface area contributed by atoms with E-state index in [1.165, 1.54) is 25.3 Å². The van der Waals surface area contributed by atoms with Crippen molar-refractivity contribution in [3.05, 3.63) is 94.2 Å². The van der Waals surface area contributed by atoms with E-state index >= 15 is 0 Å². The van der Waals surface area contributed by atoms with Crippen LogP contribution in [-0.4, -0.2) is 85.9 Å². The van der Waals surface area contributed by atoms with Crippen molar-refractivity contribution in [2.75, 3.05) is 39.7 Å². The van der Waals surface area contributed by atoms with Crippen molar-refractivity contribution in [1.82, 2.24) is 15.2 Å². The van der Waals surface area contributed by atoms with Crippen LogP contribution in [0.4, 0.5) is 10.6 Å². The van der Waals surface area contributed by atoms with Gasteiger partial charge in [0.2, 0.25) is 5.91 Å². The number of methoxy groups -OCH3 is 2. The second-order valence-corrected chi connectivity index (χ2v) is 12.0. The molecule has 14 heteroatoms. The predicted molar refractivity (Wildman–Crippen MR) is 192 cm³/mol. The summed E-state index contributed by atoms with van der Waals surface area (Å²) < 4.78 is 20.1. The highest BCUT2D eigenvalue weighted by atomic mass is 16.5. The fourth-order valence-corrected chi connectivity index (χ4v) is 5.45. The summed E-state index contributed by atoms with van der Waals surface area (Å²) in [7, 11) is 2.53. The molecular weight excluding hydrogens is 682 g/mol. The molecule has 1 aliphatic rings. The van der Waals surface area contributed by atoms with Crippen LogP contribution in [0, 0.1) is 23.7 Å². The Morgan fingerprint density at radius 1 is 0.830 bits per heavy atom. The first-order chi connectivity index (χ1) is 25.6. The highest BCUT2D eigenvalue weighted by molar-refractivity contribution is 5.86. The largest absolute Gasteiger partial charge is 0.469 e. The first-order valence-corrected chi connectivity index (χ1v) is 16.7. The molecule has 14 nitrogen and oxygen atoms in total. The number of nitrogen functional groups attached to an aromatic ring is 1. The molecule has 0 spiro atoms. The number of anilines is 1. The summed E-state index contributed by atoms with van der Waals surface area (Å²) >= 11 is 0. The number of alkyl carbamates (subject to hydrolysis) is 1. The highest BCUT2D eigenvalue weighted by Crippen LogP contribution is 2.21. The van der Waals surface area contributed by atoms with E-state index in [9.17, 15) is 24.0 Å². The molecule has 1 aromatic heterocycles. The number of hydrogen-bond donors (Lipinski definition) is 3. The van der Waals surface area contributed by atoms with E-state index < -0.39 is 36.1 Å². The fraction of sp³-hybridized carbons (Fsp3) is 0.333. The normalized spacial score (nSPS) is 14.4. The van der Waals surface area contributed by atoms with Crippen LogP contribution in [0.25, 0.3) is 0 Å². The van der Waals surface area contributed by atoms with Crippen LogP contribution < -0.4 is 16.8 Å². The molecule has 2 atom stereocenters. The van der Waals surface area contributed by atoms with Gasteiger partial charge in [-0.25, -0.2) is 14.6 Å². The Bertz CT molecular complexity index is 1910. The molecule has 0 saturated carbocycles. The standard InChI is InChI=1S/C39H41N5O9/c1-50-36(46)21-31-18-28(5-3-15-52-37(47)20-30-11-13-34(41)42-24-30)17-29(19-31)6-4-16-53-39(49)43-32-22-33(38(48)51-2)44(25-32)35(45)14-12-26-7-9-27(23-40)10-8-26/h7-11,13,17-19,24,32-33H,12,14-16,20-23,25,40H2,1-2H3,(H2,41,42)(H,43,49). The molecule has 1 fully saturated rings. The van der Waals surface area contributed by atoms with Gasteiger partial charge in [0.25, 0.3) is 0 Å². The molecule has 1 saturated heterocycles. The van der Waals surface area contributed by atoms with Crippen LogP contribution in [0.15, 0.2) is 60.8 Å². The molecule has 0 radical (unpaired) electrons. The van der Waals surface area contributed by atoms with Crippen molar-refractivity contribution >= 4 is 35.7 Å². The number of ether oxygens (including phenoxy) is 4. The molecule has 5 N–H and O–H groups in total. The molecule has 2 amide bonds. The Morgan fingerprint density at radius 2 is 1.47 bits per heavy atom. The zero-order valence-electron chi connectivity index (χ0n) is 29.5. The Kier molecular flexibility index (Phi) is 14.8. The molecule has 1 aliphatic heterocycles. The smallest absolute Gasteiger partial charge is 0.408 e. The number of hydrogen-bond acceptors (Lipinski definition) is 12. The van der Waals surface area contributed by atoms with E-state index in [1.54, 1.807) is 30.3 Å². The summed E-state index contributed by atoms with van der Waals surface area (Å²) in [5.41, 5.74) is 15.4. The number of benzene rings is 2. The number of aryl methyl sites for hydroxylation is 1. The number of aromatic nitrogens is 1. The third-order valence-electron chi connectivity index (χ3n) is 8.11. The molecule has 0 aliphatic carbocycles. The number of esters is 3. The third-order valence-corrected chi connectivity index (χ3v) is 8.11. The molecule has 0 bridgehead atoms. The SMILES string of the molecule is COC(=O)Cc1cc(C#CCOC(=O)Cc2ccc(N)nc2)cc(C#CCOC(=O)NC2CC(C(=O)OC)N(C(=O)CCc3ccc(CN)cc3)C2)c1. The lowest BCUT2D eigenvalue weighted by atomic mass is 10.0. The van der Waals surface area contributed by atoms with Crippen LogP contribution >= 0.6 is 0 Å². The molecule has 2 heterocycles. The van der Waals surface area contributed by atoms with Crippen molar-refractivity contribution in [3.63, 3.8) is 0 Å². The van der Waals surface area contributed by atoms with E-state index in [4.69, 9.17) is 30.4 Å². The van der Waals surface area contributed by atoms with Gasteiger partial charge in [0.15, 0.2) is 13.2 Å². The Labute approximate surface area is 307 Å². The lowest BCUT2D eigenvalue weighted by Gasteiger charge is -2.22. The zero-order chi connectivity index (χ0) is 38.2. The topological polar surface area (TPSA) is 202 Å². The fourth-order valence-electron chi connectivity index (χ4n) is 5.45. The number of carbonyl (C=O) groups excluding carboxylic acids is 5. The number of rotatable bonds is 12. The Morgan fingerprint density at radius 3 is 2.09 bits per heavy atom. The van der Waals surface area contributed by atoms with Gasteiger partial charge in [0.1, 0.15) is 11.9 Å². The monoisotopic (exact) mass is 723 g/mol. The number of amides is 2. The molecule has 276 valence electrons. The second-order valence-electron chi connectivity index (χ2n) is 12.0. The van der Waals surface area contributed by atoms with Crippen molar-refractivity contribution in [2.24, 2.45) is 5.73 Å². The van der Waals surface area contributed by atoms with Crippen LogP contribution in [0.1, 0.15) is 46.2 Å². The number of likely N-dealkylation sites (tertiary alicyclic amines) is 1. The van der Waals surface area contributed by atoms with Gasteiger partial charge in [-0.2, -0.15) is 0 Å². The van der Waals surface area contributed by atoms with E-state index in [0.717, 1.165) is 11.1 Å². The van der Waals surface area contributed by atoms with Gasteiger partial charge in [-0.05, 0) is 52.9 Å². The number of nitrogens with zero attached hydrogens (tertiary/aromatic N) is 2. The summed E-state index contributed by atoms with van der Waals surface area (Å²) in [6.45, 7) is 0.104. The van der Waals surface area contributed by atoms with Crippen molar-refractivity contribution < 1.29 is 42.9 Å². The summed E-state index contributed by atoms with van der Waals surface area (Å²) in [5, 5.41) is 2.70. The zero-order valence-corrected chi connectivity index (χ0v) is 29.5. The molecule has 53 heavy (non-hydrogen) atoms. The summed E-state index contributed by atoms with van der Waals surface area (Å²) in [4.78, 5) is 67.7. The first-order valence-electron chi connectivity index (χ1n) is 16.7. The molecule has 4 rings (SSSR count). The third kappa shape index (κ3) is 12.7. The van der Waals surface area contributed by atoms with Crippen LogP contribution in [0.2, 0.25) is 0 Å². The number of pyridine rings is 1. The second kappa shape index (κ2) is 19.9. The van der Waals surface area contributed by atoms with Crippen LogP contribution in [0.5, 0.6) is 0 Å². The summed E-state index contributed by atoms with van der Waals surface area (Å²) in [6.07, 6.45) is 1.54. The molecule has 3 aromatic rings. The predicted octanol–water partition coefficient (Wildman–Crippen LogP) is 1.83. The minimum Gasteiger partial charge on any atom is -0.469 e. The average Bonchev–Trinajstić information content (AvgIpc) is 3.58. The van der Waals surface area contributed by atoms with Gasteiger partial charge >= 0.3 is 24.0 Å². The lowest BCUT2D eigenvalue weighted by Crippen LogP contribution is -2.42. The van der Waals surface area contributed by atoms with Crippen molar-refractivity contribution in [3.8, 4) is 23.7 Å². The maximum absolute atomic E-state index is 13.1. The van der Waals surface area contributed by atoms with E-state index in [-0.39, 0.29) is 51.3 Å². The van der Waals surface area contributed by atoms with Crippen LogP contribution in [0.3, 0.4) is 0 Å². The van der Waals surface area contributed by atoms with E-state index in [0.29, 0.717) is 41.0 Å². The number of nitrogens with one attached hydrogen (secondary N) is 1. The van der Waals surface area contributed by atoms with Gasteiger partial charge in [-0.3, -0.25) is 14.4 Å². The van der Waals surface area contributed by atoms with Gasteiger partial charge in [-0.15, -0.1) is 0 Å². The quantitative estimate of drug-likeness (QED) is 0.139. The minimum absolute atomic E-state index is 0.0163. The van der Waals surface area contributed by atoms with Crippen LogP contribution in [-0.2, 0) is 63.9 Å². The lowest BCUT2D eigenvalue weighted by molar-refractivity contribution is -0.150. The maximum Gasteiger partial charge on any atom is 0.408 e.